The van der Waals surface area contributed by atoms with Crippen LogP contribution in [-0.4, -0.2) is 17.1 Å². The molecule has 5 heteroatoms. The number of furan rings is 1. The lowest BCUT2D eigenvalue weighted by Gasteiger charge is -2.20. The van der Waals surface area contributed by atoms with Crippen LogP contribution >= 0.6 is 11.8 Å². The molecule has 140 valence electrons. The molecule has 0 fully saturated rings. The molecule has 0 saturated carbocycles. The molecule has 1 amide bonds. The quantitative estimate of drug-likeness (QED) is 0.637. The first-order valence-corrected chi connectivity index (χ1v) is 9.65. The summed E-state index contributed by atoms with van der Waals surface area (Å²) in [4.78, 5) is 13.6. The van der Waals surface area contributed by atoms with E-state index in [0.29, 0.717) is 5.09 Å². The van der Waals surface area contributed by atoms with Gasteiger partial charge in [-0.15, -0.1) is 0 Å². The van der Waals surface area contributed by atoms with Gasteiger partial charge in [0.05, 0.1) is 12.1 Å². The third kappa shape index (κ3) is 4.62. The van der Waals surface area contributed by atoms with Crippen LogP contribution < -0.4 is 5.32 Å². The third-order valence-electron chi connectivity index (χ3n) is 4.39. The SMILES string of the molecule is Cc1cccc(C)c1Sc1ccc(C(=O)N[C@@H](C)[C@H](O)c2ccccc2)o1. The Morgan fingerprint density at radius 3 is 2.33 bits per heavy atom. The van der Waals surface area contributed by atoms with E-state index in [4.69, 9.17) is 4.42 Å². The van der Waals surface area contributed by atoms with Crippen molar-refractivity contribution in [1.82, 2.24) is 5.32 Å². The van der Waals surface area contributed by atoms with Crippen molar-refractivity contribution in [3.8, 4) is 0 Å². The number of nitrogens with one attached hydrogen (secondary N) is 1. The number of aryl methyl sites for hydroxylation is 2. The zero-order chi connectivity index (χ0) is 19.4. The number of rotatable bonds is 6. The van der Waals surface area contributed by atoms with E-state index in [1.165, 1.54) is 22.9 Å². The van der Waals surface area contributed by atoms with Gasteiger partial charge in [-0.3, -0.25) is 4.79 Å². The molecule has 0 saturated heterocycles. The van der Waals surface area contributed by atoms with Crippen LogP contribution in [0.25, 0.3) is 0 Å². The largest absolute Gasteiger partial charge is 0.444 e. The van der Waals surface area contributed by atoms with E-state index in [0.717, 1.165) is 10.5 Å². The van der Waals surface area contributed by atoms with Crippen LogP contribution in [0, 0.1) is 13.8 Å². The summed E-state index contributed by atoms with van der Waals surface area (Å²) in [5.41, 5.74) is 3.10. The van der Waals surface area contributed by atoms with Gasteiger partial charge in [0.2, 0.25) is 0 Å². The van der Waals surface area contributed by atoms with E-state index < -0.39 is 12.1 Å². The fraction of sp³-hybridized carbons (Fsp3) is 0.227. The first kappa shape index (κ1) is 19.3. The van der Waals surface area contributed by atoms with Crippen molar-refractivity contribution < 1.29 is 14.3 Å². The number of amides is 1. The molecule has 0 radical (unpaired) electrons. The standard InChI is InChI=1S/C22H23NO3S/c1-14-8-7-9-15(2)21(14)27-19-13-12-18(26-19)22(25)23-16(3)20(24)17-10-5-4-6-11-17/h4-13,16,20,24H,1-3H3,(H,23,25)/t16-,20-/m0/s1. The number of aliphatic hydroxyl groups excluding tert-OH is 1. The van der Waals surface area contributed by atoms with E-state index in [9.17, 15) is 9.90 Å². The lowest BCUT2D eigenvalue weighted by Crippen LogP contribution is -2.36. The molecule has 0 aliphatic rings. The fourth-order valence-corrected chi connectivity index (χ4v) is 3.78. The normalized spacial score (nSPS) is 13.2. The molecule has 3 aromatic rings. The summed E-state index contributed by atoms with van der Waals surface area (Å²) in [6, 6.07) is 18.4. The van der Waals surface area contributed by atoms with Crippen LogP contribution in [0.1, 0.15) is 40.3 Å². The Morgan fingerprint density at radius 1 is 1.00 bits per heavy atom. The topological polar surface area (TPSA) is 62.5 Å². The zero-order valence-corrected chi connectivity index (χ0v) is 16.4. The molecule has 1 heterocycles. The van der Waals surface area contributed by atoms with Crippen molar-refractivity contribution in [3.63, 3.8) is 0 Å². The van der Waals surface area contributed by atoms with Gasteiger partial charge in [0.25, 0.3) is 5.91 Å². The number of hydrogen-bond donors (Lipinski definition) is 2. The second-order valence-corrected chi connectivity index (χ2v) is 7.57. The lowest BCUT2D eigenvalue weighted by molar-refractivity contribution is 0.0821. The maximum atomic E-state index is 12.5. The van der Waals surface area contributed by atoms with Crippen LogP contribution in [0.3, 0.4) is 0 Å². The predicted octanol–water partition coefficient (Wildman–Crippen LogP) is 4.90. The molecule has 0 bridgehead atoms. The molecule has 0 unspecified atom stereocenters. The third-order valence-corrected chi connectivity index (χ3v) is 5.66. The van der Waals surface area contributed by atoms with Gasteiger partial charge in [-0.1, -0.05) is 60.3 Å². The van der Waals surface area contributed by atoms with Gasteiger partial charge >= 0.3 is 0 Å². The zero-order valence-electron chi connectivity index (χ0n) is 15.6. The van der Waals surface area contributed by atoms with Gasteiger partial charge in [0, 0.05) is 4.90 Å². The van der Waals surface area contributed by atoms with E-state index in [1.54, 1.807) is 19.1 Å². The van der Waals surface area contributed by atoms with E-state index in [-0.39, 0.29) is 11.7 Å². The van der Waals surface area contributed by atoms with Crippen molar-refractivity contribution in [2.75, 3.05) is 0 Å². The Hall–Kier alpha value is -2.50. The first-order chi connectivity index (χ1) is 13.0. The number of carbonyl (C=O) groups is 1. The van der Waals surface area contributed by atoms with E-state index >= 15 is 0 Å². The summed E-state index contributed by atoms with van der Waals surface area (Å²) in [5, 5.41) is 13.9. The lowest BCUT2D eigenvalue weighted by atomic mass is 10.0. The van der Waals surface area contributed by atoms with Crippen LogP contribution in [0.5, 0.6) is 0 Å². The number of benzene rings is 2. The van der Waals surface area contributed by atoms with Gasteiger partial charge in [0.15, 0.2) is 10.9 Å². The minimum Gasteiger partial charge on any atom is -0.444 e. The summed E-state index contributed by atoms with van der Waals surface area (Å²) in [7, 11) is 0. The minimum atomic E-state index is -0.784. The highest BCUT2D eigenvalue weighted by Gasteiger charge is 2.21. The Morgan fingerprint density at radius 2 is 1.67 bits per heavy atom. The highest BCUT2D eigenvalue weighted by atomic mass is 32.2. The maximum Gasteiger partial charge on any atom is 0.287 e. The molecule has 2 atom stereocenters. The Kier molecular flexibility index (Phi) is 6.04. The van der Waals surface area contributed by atoms with Crippen LogP contribution in [-0.2, 0) is 0 Å². The Balaban J connectivity index is 1.66. The molecule has 3 rings (SSSR count). The van der Waals surface area contributed by atoms with E-state index in [1.807, 2.05) is 36.4 Å². The molecule has 4 nitrogen and oxygen atoms in total. The molecule has 0 aliphatic carbocycles. The molecular weight excluding hydrogens is 358 g/mol. The summed E-state index contributed by atoms with van der Waals surface area (Å²) in [5.74, 6) is -0.110. The Bertz CT molecular complexity index is 900. The van der Waals surface area contributed by atoms with Crippen molar-refractivity contribution in [3.05, 3.63) is 83.1 Å². The summed E-state index contributed by atoms with van der Waals surface area (Å²) < 4.78 is 5.71. The number of carbonyl (C=O) groups excluding carboxylic acids is 1. The highest BCUT2D eigenvalue weighted by Crippen LogP contribution is 2.34. The average Bonchev–Trinajstić information content (AvgIpc) is 3.14. The van der Waals surface area contributed by atoms with Gasteiger partial charge in [-0.05, 0) is 49.6 Å². The smallest absolute Gasteiger partial charge is 0.287 e. The molecule has 27 heavy (non-hydrogen) atoms. The van der Waals surface area contributed by atoms with Crippen LogP contribution in [0.2, 0.25) is 0 Å². The van der Waals surface area contributed by atoms with Crippen molar-refractivity contribution >= 4 is 17.7 Å². The predicted molar refractivity (Wildman–Crippen MR) is 107 cm³/mol. The highest BCUT2D eigenvalue weighted by molar-refractivity contribution is 7.99. The monoisotopic (exact) mass is 381 g/mol. The average molecular weight is 381 g/mol. The second-order valence-electron chi connectivity index (χ2n) is 6.56. The number of aliphatic hydroxyl groups is 1. The second kappa shape index (κ2) is 8.46. The van der Waals surface area contributed by atoms with Gasteiger partial charge in [0.1, 0.15) is 0 Å². The van der Waals surface area contributed by atoms with Gasteiger partial charge in [-0.2, -0.15) is 0 Å². The molecular formula is C22H23NO3S. The van der Waals surface area contributed by atoms with Gasteiger partial charge in [-0.25, -0.2) is 0 Å². The van der Waals surface area contributed by atoms with Crippen LogP contribution in [0.15, 0.2) is 75.1 Å². The first-order valence-electron chi connectivity index (χ1n) is 8.83. The molecule has 2 aromatic carbocycles. The molecule has 0 spiro atoms. The van der Waals surface area contributed by atoms with Crippen molar-refractivity contribution in [2.24, 2.45) is 0 Å². The summed E-state index contributed by atoms with van der Waals surface area (Å²) in [6.45, 7) is 5.88. The minimum absolute atomic E-state index is 0.232. The van der Waals surface area contributed by atoms with E-state index in [2.05, 4.69) is 31.3 Å². The maximum absolute atomic E-state index is 12.5. The summed E-state index contributed by atoms with van der Waals surface area (Å²) >= 11 is 1.51. The molecule has 1 aromatic heterocycles. The molecule has 0 aliphatic heterocycles. The number of hydrogen-bond acceptors (Lipinski definition) is 4. The fourth-order valence-electron chi connectivity index (χ4n) is 2.85. The summed E-state index contributed by atoms with van der Waals surface area (Å²) in [6.07, 6.45) is -0.784. The Labute approximate surface area is 163 Å². The van der Waals surface area contributed by atoms with Crippen molar-refractivity contribution in [1.29, 1.82) is 0 Å². The van der Waals surface area contributed by atoms with Crippen molar-refractivity contribution in [2.45, 2.75) is 42.9 Å². The van der Waals surface area contributed by atoms with Crippen LogP contribution in [0.4, 0.5) is 0 Å². The molecule has 2 N–H and O–H groups in total. The van der Waals surface area contributed by atoms with Gasteiger partial charge < -0.3 is 14.8 Å².